The summed E-state index contributed by atoms with van der Waals surface area (Å²) in [6.07, 6.45) is -0.448. The molecular weight excluding hydrogens is 313 g/mol. The molecule has 2 aromatic rings. The second kappa shape index (κ2) is 5.05. The molecule has 3 N–H and O–H groups in total. The van der Waals surface area contributed by atoms with Gasteiger partial charge in [-0.1, -0.05) is 12.1 Å². The van der Waals surface area contributed by atoms with Crippen molar-refractivity contribution >= 4 is 22.8 Å². The smallest absolute Gasteiger partial charge is 0.353 e. The van der Waals surface area contributed by atoms with Gasteiger partial charge in [0, 0.05) is 13.0 Å². The van der Waals surface area contributed by atoms with Crippen LogP contribution >= 0.6 is 0 Å². The van der Waals surface area contributed by atoms with E-state index in [1.54, 1.807) is 24.3 Å². The van der Waals surface area contributed by atoms with Crippen LogP contribution in [0.1, 0.15) is 6.42 Å². The van der Waals surface area contributed by atoms with Crippen LogP contribution in [0.15, 0.2) is 24.3 Å². The number of para-hydroxylation sites is 2. The monoisotopic (exact) mass is 326 g/mol. The molecule has 1 aliphatic heterocycles. The van der Waals surface area contributed by atoms with Crippen LogP contribution < -0.4 is 10.6 Å². The maximum Gasteiger partial charge on any atom is 0.353 e. The van der Waals surface area contributed by atoms with Crippen LogP contribution in [0.4, 0.5) is 19.0 Å². The number of fused-ring (bicyclic) bond motifs is 1. The van der Waals surface area contributed by atoms with Gasteiger partial charge in [0.2, 0.25) is 0 Å². The fourth-order valence-corrected chi connectivity index (χ4v) is 2.63. The first-order valence-corrected chi connectivity index (χ1v) is 6.82. The minimum atomic E-state index is -4.12. The number of β-amino-alcohol motifs (C(OH)–C–C–N with tert-alkyl or cyclic N) is 1. The number of alkyl halides is 2. The summed E-state index contributed by atoms with van der Waals surface area (Å²) in [7, 11) is 0. The molecule has 0 spiro atoms. The predicted octanol–water partition coefficient (Wildman–Crippen LogP) is 0.831. The van der Waals surface area contributed by atoms with Gasteiger partial charge in [0.15, 0.2) is 11.4 Å². The molecule has 1 unspecified atom stereocenters. The Bertz CT molecular complexity index is 786. The van der Waals surface area contributed by atoms with E-state index in [-0.39, 0.29) is 12.4 Å². The van der Waals surface area contributed by atoms with Crippen molar-refractivity contribution in [2.75, 3.05) is 18.0 Å². The minimum absolute atomic E-state index is 0.108. The molecule has 1 aromatic heterocycles. The molecule has 1 aromatic carbocycles. The molecule has 1 fully saturated rings. The van der Waals surface area contributed by atoms with E-state index in [1.807, 2.05) is 0 Å². The van der Waals surface area contributed by atoms with Crippen molar-refractivity contribution in [3.63, 3.8) is 0 Å². The number of hydrogen-bond donors (Lipinski definition) is 2. The van der Waals surface area contributed by atoms with Crippen molar-refractivity contribution in [1.29, 1.82) is 0 Å². The average Bonchev–Trinajstić information content (AvgIpc) is 2.90. The summed E-state index contributed by atoms with van der Waals surface area (Å²) in [5.41, 5.74) is 2.70. The van der Waals surface area contributed by atoms with Crippen molar-refractivity contribution in [2.45, 2.75) is 17.9 Å². The number of amides is 1. The van der Waals surface area contributed by atoms with Gasteiger partial charge < -0.3 is 15.7 Å². The molecule has 1 atom stereocenters. The Labute approximate surface area is 128 Å². The number of nitrogens with two attached hydrogens (primary N) is 1. The average molecular weight is 326 g/mol. The highest BCUT2D eigenvalue weighted by molar-refractivity contribution is 5.83. The molecule has 1 amide bonds. The van der Waals surface area contributed by atoms with Crippen molar-refractivity contribution in [2.24, 2.45) is 5.73 Å². The molecule has 0 saturated carbocycles. The third kappa shape index (κ3) is 2.37. The van der Waals surface area contributed by atoms with E-state index in [0.717, 1.165) is 4.90 Å². The lowest BCUT2D eigenvalue weighted by Gasteiger charge is -2.29. The molecule has 3 rings (SSSR count). The molecule has 122 valence electrons. The van der Waals surface area contributed by atoms with Gasteiger partial charge in [-0.2, -0.15) is 13.2 Å². The lowest BCUT2D eigenvalue weighted by molar-refractivity contribution is -0.183. The summed E-state index contributed by atoms with van der Waals surface area (Å²) >= 11 is 0. The van der Waals surface area contributed by atoms with Crippen LogP contribution in [-0.2, 0) is 4.79 Å². The van der Waals surface area contributed by atoms with E-state index in [1.165, 1.54) is 0 Å². The highest BCUT2D eigenvalue weighted by atomic mass is 19.3. The number of anilines is 1. The van der Waals surface area contributed by atoms with Gasteiger partial charge in [0.1, 0.15) is 0 Å². The zero-order chi connectivity index (χ0) is 16.8. The Hall–Kier alpha value is -2.42. The molecule has 1 aliphatic rings. The molecular formula is C14H13F3N4O2. The summed E-state index contributed by atoms with van der Waals surface area (Å²) < 4.78 is 41.7. The zero-order valence-corrected chi connectivity index (χ0v) is 11.8. The summed E-state index contributed by atoms with van der Waals surface area (Å²) in [5, 5.41) is 10.1. The lowest BCUT2D eigenvalue weighted by atomic mass is 9.94. The van der Waals surface area contributed by atoms with E-state index in [4.69, 9.17) is 0 Å². The maximum absolute atomic E-state index is 14.1. The van der Waals surface area contributed by atoms with Crippen molar-refractivity contribution < 1.29 is 23.1 Å². The summed E-state index contributed by atoms with van der Waals surface area (Å²) in [5.74, 6) is -7.23. The summed E-state index contributed by atoms with van der Waals surface area (Å²) in [6.45, 7) is -0.782. The fourth-order valence-electron chi connectivity index (χ4n) is 2.63. The minimum Gasteiger partial charge on any atom is -0.381 e. The molecule has 0 bridgehead atoms. The second-order valence-electron chi connectivity index (χ2n) is 5.47. The summed E-state index contributed by atoms with van der Waals surface area (Å²) in [4.78, 5) is 19.8. The number of halogens is 3. The van der Waals surface area contributed by atoms with Gasteiger partial charge in [-0.15, -0.1) is 0 Å². The highest BCUT2D eigenvalue weighted by Gasteiger charge is 2.60. The number of carbonyl (C=O) groups excluding carboxylic acids is 1. The van der Waals surface area contributed by atoms with E-state index in [2.05, 4.69) is 15.7 Å². The van der Waals surface area contributed by atoms with Crippen LogP contribution in [-0.4, -0.2) is 45.6 Å². The van der Waals surface area contributed by atoms with Crippen molar-refractivity contribution in [3.05, 3.63) is 30.2 Å². The predicted molar refractivity (Wildman–Crippen MR) is 75.4 cm³/mol. The van der Waals surface area contributed by atoms with Gasteiger partial charge in [0.25, 0.3) is 11.9 Å². The number of rotatable bonds is 3. The van der Waals surface area contributed by atoms with Gasteiger partial charge in [-0.05, 0) is 12.1 Å². The topological polar surface area (TPSA) is 92.3 Å². The van der Waals surface area contributed by atoms with E-state index in [9.17, 15) is 23.1 Å². The second-order valence-corrected chi connectivity index (χ2v) is 5.47. The normalized spacial score (nSPS) is 21.8. The number of carbonyl (C=O) groups is 1. The number of aromatic nitrogens is 2. The molecule has 6 nitrogen and oxygen atoms in total. The first-order valence-electron chi connectivity index (χ1n) is 6.82. The fraction of sp³-hybridized carbons (Fsp3) is 0.357. The first-order chi connectivity index (χ1) is 10.7. The van der Waals surface area contributed by atoms with Crippen LogP contribution in [0.3, 0.4) is 0 Å². The molecule has 2 heterocycles. The molecule has 0 radical (unpaired) electrons. The van der Waals surface area contributed by atoms with E-state index in [0.29, 0.717) is 11.0 Å². The Balaban J connectivity index is 1.96. The Kier molecular flexibility index (Phi) is 3.40. The number of primary amides is 1. The van der Waals surface area contributed by atoms with Crippen LogP contribution in [0.5, 0.6) is 0 Å². The van der Waals surface area contributed by atoms with Gasteiger partial charge in [-0.3, -0.25) is 4.79 Å². The third-order valence-corrected chi connectivity index (χ3v) is 3.95. The largest absolute Gasteiger partial charge is 0.381 e. The maximum atomic E-state index is 14.1. The number of nitrogens with zero attached hydrogens (tertiary/aromatic N) is 3. The van der Waals surface area contributed by atoms with Gasteiger partial charge in [0.05, 0.1) is 17.6 Å². The lowest BCUT2D eigenvalue weighted by Crippen LogP contribution is -2.57. The van der Waals surface area contributed by atoms with Gasteiger partial charge >= 0.3 is 5.92 Å². The van der Waals surface area contributed by atoms with Gasteiger partial charge in [-0.25, -0.2) is 9.97 Å². The SMILES string of the molecule is NC(=O)C(F)(F)C1(O)CCN(c2nc3ccccc3nc2F)C1. The molecule has 1 saturated heterocycles. The van der Waals surface area contributed by atoms with E-state index >= 15 is 0 Å². The highest BCUT2D eigenvalue weighted by Crippen LogP contribution is 2.38. The van der Waals surface area contributed by atoms with Crippen LogP contribution in [0, 0.1) is 5.95 Å². The Morgan fingerprint density at radius 1 is 1.30 bits per heavy atom. The standard InChI is InChI=1S/C14H13F3N4O2/c15-10-11(20-9-4-2-1-3-8(9)19-10)21-6-5-13(23,7-21)14(16,17)12(18)22/h1-4,23H,5-7H2,(H2,18,22). The number of benzene rings is 1. The van der Waals surface area contributed by atoms with Crippen molar-refractivity contribution in [3.8, 4) is 0 Å². The quantitative estimate of drug-likeness (QED) is 0.872. The zero-order valence-electron chi connectivity index (χ0n) is 11.8. The summed E-state index contributed by atoms with van der Waals surface area (Å²) in [6, 6.07) is 6.51. The Morgan fingerprint density at radius 3 is 2.52 bits per heavy atom. The third-order valence-electron chi connectivity index (χ3n) is 3.95. The van der Waals surface area contributed by atoms with Crippen LogP contribution in [0.2, 0.25) is 0 Å². The molecule has 9 heteroatoms. The van der Waals surface area contributed by atoms with E-state index < -0.39 is 36.3 Å². The Morgan fingerprint density at radius 2 is 1.91 bits per heavy atom. The number of hydrogen-bond acceptors (Lipinski definition) is 5. The van der Waals surface area contributed by atoms with Crippen LogP contribution in [0.25, 0.3) is 11.0 Å². The first kappa shape index (κ1) is 15.5. The van der Waals surface area contributed by atoms with Crippen molar-refractivity contribution in [1.82, 2.24) is 9.97 Å². The molecule has 0 aliphatic carbocycles. The number of aliphatic hydroxyl groups is 1. The molecule has 23 heavy (non-hydrogen) atoms.